The zero-order valence-electron chi connectivity index (χ0n) is 13.3. The molecule has 0 radical (unpaired) electrons. The van der Waals surface area contributed by atoms with E-state index in [1.54, 1.807) is 0 Å². The van der Waals surface area contributed by atoms with Crippen LogP contribution in [0.2, 0.25) is 0 Å². The fourth-order valence-corrected chi connectivity index (χ4v) is 3.58. The van der Waals surface area contributed by atoms with E-state index in [1.807, 2.05) is 4.90 Å². The molecule has 3 rings (SSSR count). The standard InChI is InChI=1S/C16H25N3O2/c1-4-18-6-5-14-13(10-18)17-15(21-14)16(20)19-8-11(2)7-12(3)9-19/h11-12H,4-10H2,1-3H3/t11-,12+. The number of nitrogens with zero attached hydrogens (tertiary/aromatic N) is 3. The van der Waals surface area contributed by atoms with E-state index in [1.165, 1.54) is 6.42 Å². The Hall–Kier alpha value is -1.36. The number of piperidine rings is 1. The molecule has 0 bridgehead atoms. The molecule has 2 aliphatic heterocycles. The van der Waals surface area contributed by atoms with Crippen molar-refractivity contribution in [3.63, 3.8) is 0 Å². The number of rotatable bonds is 2. The van der Waals surface area contributed by atoms with E-state index < -0.39 is 0 Å². The molecule has 0 unspecified atom stereocenters. The Morgan fingerprint density at radius 1 is 1.33 bits per heavy atom. The Morgan fingerprint density at radius 3 is 2.71 bits per heavy atom. The normalized spacial score (nSPS) is 26.7. The highest BCUT2D eigenvalue weighted by Gasteiger charge is 2.30. The number of amides is 1. The number of oxazole rings is 1. The van der Waals surface area contributed by atoms with Crippen molar-refractivity contribution in [1.82, 2.24) is 14.8 Å². The maximum atomic E-state index is 12.6. The van der Waals surface area contributed by atoms with Gasteiger partial charge in [-0.1, -0.05) is 20.8 Å². The second-order valence-corrected chi connectivity index (χ2v) is 6.66. The van der Waals surface area contributed by atoms with Crippen molar-refractivity contribution in [2.75, 3.05) is 26.2 Å². The van der Waals surface area contributed by atoms with E-state index in [0.717, 1.165) is 50.6 Å². The summed E-state index contributed by atoms with van der Waals surface area (Å²) in [4.78, 5) is 21.3. The van der Waals surface area contributed by atoms with Gasteiger partial charge in [-0.25, -0.2) is 4.98 Å². The molecule has 1 amide bonds. The number of fused-ring (bicyclic) bond motifs is 1. The van der Waals surface area contributed by atoms with Gasteiger partial charge < -0.3 is 9.32 Å². The summed E-state index contributed by atoms with van der Waals surface area (Å²) in [5.41, 5.74) is 0.949. The van der Waals surface area contributed by atoms with Gasteiger partial charge in [0.25, 0.3) is 5.89 Å². The lowest BCUT2D eigenvalue weighted by Crippen LogP contribution is -2.42. The molecule has 5 heteroatoms. The minimum atomic E-state index is -0.0363. The molecule has 2 aliphatic rings. The van der Waals surface area contributed by atoms with Gasteiger partial charge in [0.15, 0.2) is 0 Å². The summed E-state index contributed by atoms with van der Waals surface area (Å²) in [6, 6.07) is 0. The molecular formula is C16H25N3O2. The van der Waals surface area contributed by atoms with Crippen LogP contribution in [-0.2, 0) is 13.0 Å². The van der Waals surface area contributed by atoms with Crippen molar-refractivity contribution in [3.05, 3.63) is 17.3 Å². The monoisotopic (exact) mass is 291 g/mol. The number of likely N-dealkylation sites (tertiary alicyclic amines) is 1. The summed E-state index contributed by atoms with van der Waals surface area (Å²) in [6.07, 6.45) is 2.05. The fraction of sp³-hybridized carbons (Fsp3) is 0.750. The zero-order chi connectivity index (χ0) is 15.0. The van der Waals surface area contributed by atoms with Gasteiger partial charge in [-0.05, 0) is 24.8 Å². The minimum absolute atomic E-state index is 0.0363. The molecule has 0 aromatic carbocycles. The third-order valence-corrected chi connectivity index (χ3v) is 4.59. The third-order valence-electron chi connectivity index (χ3n) is 4.59. The Balaban J connectivity index is 1.75. The summed E-state index contributed by atoms with van der Waals surface area (Å²) < 4.78 is 5.76. The molecule has 0 aliphatic carbocycles. The lowest BCUT2D eigenvalue weighted by Gasteiger charge is -2.34. The molecule has 3 heterocycles. The Morgan fingerprint density at radius 2 is 2.05 bits per heavy atom. The Labute approximate surface area is 126 Å². The van der Waals surface area contributed by atoms with Gasteiger partial charge in [0, 0.05) is 32.6 Å². The van der Waals surface area contributed by atoms with Crippen LogP contribution in [0.4, 0.5) is 0 Å². The Bertz CT molecular complexity index is 516. The van der Waals surface area contributed by atoms with Gasteiger partial charge in [-0.15, -0.1) is 0 Å². The van der Waals surface area contributed by atoms with Gasteiger partial charge in [-0.3, -0.25) is 9.69 Å². The van der Waals surface area contributed by atoms with E-state index in [-0.39, 0.29) is 5.91 Å². The third kappa shape index (κ3) is 2.98. The number of hydrogen-bond donors (Lipinski definition) is 0. The first-order chi connectivity index (χ1) is 10.1. The van der Waals surface area contributed by atoms with Crippen molar-refractivity contribution in [2.45, 2.75) is 40.2 Å². The maximum Gasteiger partial charge on any atom is 0.309 e. The topological polar surface area (TPSA) is 49.6 Å². The quantitative estimate of drug-likeness (QED) is 0.838. The highest BCUT2D eigenvalue weighted by molar-refractivity contribution is 5.89. The molecular weight excluding hydrogens is 266 g/mol. The molecule has 5 nitrogen and oxygen atoms in total. The summed E-state index contributed by atoms with van der Waals surface area (Å²) in [5, 5.41) is 0. The van der Waals surface area contributed by atoms with Crippen LogP contribution in [0.15, 0.2) is 4.42 Å². The molecule has 0 saturated carbocycles. The lowest BCUT2D eigenvalue weighted by molar-refractivity contribution is 0.0581. The van der Waals surface area contributed by atoms with E-state index in [2.05, 4.69) is 30.7 Å². The predicted octanol–water partition coefficient (Wildman–Crippen LogP) is 2.17. The lowest BCUT2D eigenvalue weighted by atomic mass is 9.92. The molecule has 1 aromatic rings. The largest absolute Gasteiger partial charge is 0.437 e. The van der Waals surface area contributed by atoms with Crippen molar-refractivity contribution in [3.8, 4) is 0 Å². The molecule has 2 atom stereocenters. The van der Waals surface area contributed by atoms with Crippen LogP contribution >= 0.6 is 0 Å². The molecule has 1 saturated heterocycles. The van der Waals surface area contributed by atoms with Crippen LogP contribution in [0.5, 0.6) is 0 Å². The van der Waals surface area contributed by atoms with Crippen LogP contribution in [-0.4, -0.2) is 46.9 Å². The second kappa shape index (κ2) is 5.79. The number of likely N-dealkylation sites (N-methyl/N-ethyl adjacent to an activating group) is 1. The van der Waals surface area contributed by atoms with Crippen LogP contribution in [0, 0.1) is 11.8 Å². The highest BCUT2D eigenvalue weighted by Crippen LogP contribution is 2.24. The fourth-order valence-electron chi connectivity index (χ4n) is 3.58. The zero-order valence-corrected chi connectivity index (χ0v) is 13.3. The van der Waals surface area contributed by atoms with E-state index in [9.17, 15) is 4.79 Å². The first kappa shape index (κ1) is 14.6. The van der Waals surface area contributed by atoms with Crippen molar-refractivity contribution in [1.29, 1.82) is 0 Å². The highest BCUT2D eigenvalue weighted by atomic mass is 16.4. The molecule has 1 fully saturated rings. The molecule has 0 N–H and O–H groups in total. The van der Waals surface area contributed by atoms with Crippen LogP contribution in [0.1, 0.15) is 49.3 Å². The second-order valence-electron chi connectivity index (χ2n) is 6.66. The number of hydrogen-bond acceptors (Lipinski definition) is 4. The maximum absolute atomic E-state index is 12.6. The average molecular weight is 291 g/mol. The molecule has 21 heavy (non-hydrogen) atoms. The number of carbonyl (C=O) groups excluding carboxylic acids is 1. The first-order valence-corrected chi connectivity index (χ1v) is 8.07. The van der Waals surface area contributed by atoms with E-state index in [4.69, 9.17) is 4.42 Å². The predicted molar refractivity (Wildman–Crippen MR) is 80.0 cm³/mol. The summed E-state index contributed by atoms with van der Waals surface area (Å²) in [5.74, 6) is 2.27. The summed E-state index contributed by atoms with van der Waals surface area (Å²) >= 11 is 0. The van der Waals surface area contributed by atoms with Crippen LogP contribution in [0.25, 0.3) is 0 Å². The van der Waals surface area contributed by atoms with Gasteiger partial charge in [0.1, 0.15) is 5.76 Å². The Kier molecular flexibility index (Phi) is 4.02. The van der Waals surface area contributed by atoms with E-state index in [0.29, 0.717) is 17.7 Å². The minimum Gasteiger partial charge on any atom is -0.437 e. The molecule has 1 aromatic heterocycles. The van der Waals surface area contributed by atoms with Crippen LogP contribution < -0.4 is 0 Å². The van der Waals surface area contributed by atoms with E-state index >= 15 is 0 Å². The SMILES string of the molecule is CCN1CCc2oc(C(=O)N3C[C@H](C)C[C@H](C)C3)nc2C1. The molecule has 116 valence electrons. The molecule has 0 spiro atoms. The first-order valence-electron chi connectivity index (χ1n) is 8.07. The van der Waals surface area contributed by atoms with Gasteiger partial charge in [0.2, 0.25) is 0 Å². The smallest absolute Gasteiger partial charge is 0.309 e. The van der Waals surface area contributed by atoms with Crippen molar-refractivity contribution < 1.29 is 9.21 Å². The average Bonchev–Trinajstić information content (AvgIpc) is 2.88. The van der Waals surface area contributed by atoms with Crippen LogP contribution in [0.3, 0.4) is 0 Å². The van der Waals surface area contributed by atoms with Gasteiger partial charge in [-0.2, -0.15) is 0 Å². The summed E-state index contributed by atoms with van der Waals surface area (Å²) in [7, 11) is 0. The van der Waals surface area contributed by atoms with Crippen molar-refractivity contribution >= 4 is 5.91 Å². The van der Waals surface area contributed by atoms with Gasteiger partial charge in [0.05, 0.1) is 5.69 Å². The summed E-state index contributed by atoms with van der Waals surface area (Å²) in [6.45, 7) is 11.0. The number of carbonyl (C=O) groups is 1. The van der Waals surface area contributed by atoms with Gasteiger partial charge >= 0.3 is 5.91 Å². The van der Waals surface area contributed by atoms with Crippen molar-refractivity contribution in [2.24, 2.45) is 11.8 Å². The number of aromatic nitrogens is 1.